The van der Waals surface area contributed by atoms with Crippen LogP contribution in [0, 0.1) is 5.92 Å². The van der Waals surface area contributed by atoms with Crippen LogP contribution in [0.2, 0.25) is 0 Å². The van der Waals surface area contributed by atoms with Gasteiger partial charge in [-0.05, 0) is 36.9 Å². The zero-order valence-electron chi connectivity index (χ0n) is 15.6. The number of nitrogens with two attached hydrogens (primary N) is 1. The zero-order chi connectivity index (χ0) is 19.8. The van der Waals surface area contributed by atoms with Crippen LogP contribution in [0.5, 0.6) is 0 Å². The quantitative estimate of drug-likeness (QED) is 0.828. The minimum atomic E-state index is -4.45. The van der Waals surface area contributed by atoms with Gasteiger partial charge in [-0.1, -0.05) is 13.8 Å². The zero-order valence-corrected chi connectivity index (χ0v) is 16.4. The molecule has 2 aromatic rings. The molecule has 1 atom stereocenters. The highest BCUT2D eigenvalue weighted by Gasteiger charge is 2.32. The van der Waals surface area contributed by atoms with Crippen LogP contribution in [0.15, 0.2) is 24.5 Å². The number of likely N-dealkylation sites (tertiary alicyclic amines) is 1. The average molecular weight is 418 g/mol. The van der Waals surface area contributed by atoms with E-state index in [9.17, 15) is 18.0 Å². The highest BCUT2D eigenvalue weighted by molar-refractivity contribution is 5.95. The lowest BCUT2D eigenvalue weighted by molar-refractivity contribution is -0.137. The van der Waals surface area contributed by atoms with Gasteiger partial charge < -0.3 is 10.6 Å². The number of pyridine rings is 1. The van der Waals surface area contributed by atoms with Crippen molar-refractivity contribution >= 4 is 18.3 Å². The molecule has 154 valence electrons. The smallest absolute Gasteiger partial charge is 0.338 e. The Morgan fingerprint density at radius 2 is 2.04 bits per heavy atom. The van der Waals surface area contributed by atoms with E-state index < -0.39 is 11.7 Å². The molecule has 6 nitrogen and oxygen atoms in total. The van der Waals surface area contributed by atoms with Crippen molar-refractivity contribution in [3.63, 3.8) is 0 Å². The van der Waals surface area contributed by atoms with Gasteiger partial charge >= 0.3 is 6.18 Å². The molecule has 1 aliphatic rings. The second-order valence-corrected chi connectivity index (χ2v) is 7.05. The third kappa shape index (κ3) is 4.30. The molecular formula is C18H23ClF3N5O. The number of halogens is 4. The van der Waals surface area contributed by atoms with E-state index in [1.54, 1.807) is 4.90 Å². The van der Waals surface area contributed by atoms with Crippen LogP contribution >= 0.6 is 12.4 Å². The van der Waals surface area contributed by atoms with Crippen LogP contribution in [0.3, 0.4) is 0 Å². The number of hydrogen-bond acceptors (Lipinski definition) is 4. The van der Waals surface area contributed by atoms with Crippen LogP contribution in [0.4, 0.5) is 13.2 Å². The van der Waals surface area contributed by atoms with Gasteiger partial charge in [-0.25, -0.2) is 9.67 Å². The molecule has 1 saturated heterocycles. The maximum atomic E-state index is 12.9. The molecule has 2 N–H and O–H groups in total. The van der Waals surface area contributed by atoms with E-state index >= 15 is 0 Å². The van der Waals surface area contributed by atoms with Crippen molar-refractivity contribution in [2.45, 2.75) is 32.4 Å². The summed E-state index contributed by atoms with van der Waals surface area (Å²) in [7, 11) is 0. The minimum Gasteiger partial charge on any atom is -0.338 e. The lowest BCUT2D eigenvalue weighted by atomic mass is 10.0. The van der Waals surface area contributed by atoms with Crippen LogP contribution in [0.1, 0.15) is 47.8 Å². The molecule has 0 aliphatic carbocycles. The van der Waals surface area contributed by atoms with Crippen LogP contribution in [-0.2, 0) is 6.18 Å². The predicted molar refractivity (Wildman–Crippen MR) is 101 cm³/mol. The molecule has 3 heterocycles. The first-order chi connectivity index (χ1) is 12.7. The summed E-state index contributed by atoms with van der Waals surface area (Å²) in [5.41, 5.74) is 5.94. The molecule has 0 aromatic carbocycles. The summed E-state index contributed by atoms with van der Waals surface area (Å²) < 4.78 is 39.7. The summed E-state index contributed by atoms with van der Waals surface area (Å²) in [5.74, 6) is 0.339. The van der Waals surface area contributed by atoms with Gasteiger partial charge in [0.2, 0.25) is 0 Å². The molecule has 0 radical (unpaired) electrons. The van der Waals surface area contributed by atoms with E-state index in [1.807, 2.05) is 13.8 Å². The number of amides is 1. The number of alkyl halides is 3. The second-order valence-electron chi connectivity index (χ2n) is 7.05. The van der Waals surface area contributed by atoms with Crippen molar-refractivity contribution in [2.75, 3.05) is 19.6 Å². The van der Waals surface area contributed by atoms with Crippen molar-refractivity contribution in [2.24, 2.45) is 11.7 Å². The molecule has 1 aliphatic heterocycles. The molecule has 10 heteroatoms. The number of carbonyl (C=O) groups excluding carboxylic acids is 1. The van der Waals surface area contributed by atoms with Crippen molar-refractivity contribution in [1.29, 1.82) is 0 Å². The fourth-order valence-electron chi connectivity index (χ4n) is 3.32. The van der Waals surface area contributed by atoms with Crippen LogP contribution < -0.4 is 5.73 Å². The van der Waals surface area contributed by atoms with Crippen molar-refractivity contribution in [1.82, 2.24) is 19.7 Å². The first kappa shape index (κ1) is 22.2. The molecule has 2 aromatic heterocycles. The maximum absolute atomic E-state index is 12.9. The summed E-state index contributed by atoms with van der Waals surface area (Å²) >= 11 is 0. The summed E-state index contributed by atoms with van der Waals surface area (Å²) in [4.78, 5) is 18.6. The molecule has 3 rings (SSSR count). The molecule has 1 amide bonds. The first-order valence-electron chi connectivity index (χ1n) is 8.83. The molecule has 1 fully saturated rings. The Hall–Kier alpha value is -2.13. The van der Waals surface area contributed by atoms with Crippen LogP contribution in [0.25, 0.3) is 5.82 Å². The fourth-order valence-corrected chi connectivity index (χ4v) is 3.32. The van der Waals surface area contributed by atoms with Gasteiger partial charge in [0.1, 0.15) is 0 Å². The topological polar surface area (TPSA) is 77.0 Å². The van der Waals surface area contributed by atoms with E-state index in [0.717, 1.165) is 18.7 Å². The SMILES string of the molecule is CC(C)c1c(C(=O)N2CCC(CN)C2)cnn1-c1ccc(C(F)(F)F)cn1.Cl. The normalized spacial score (nSPS) is 17.1. The largest absolute Gasteiger partial charge is 0.417 e. The molecule has 1 unspecified atom stereocenters. The summed E-state index contributed by atoms with van der Waals surface area (Å²) in [6, 6.07) is 2.22. The molecule has 0 spiro atoms. The highest BCUT2D eigenvalue weighted by Crippen LogP contribution is 2.30. The Labute approximate surface area is 167 Å². The predicted octanol–water partition coefficient (Wildman–Crippen LogP) is 3.25. The molecule has 0 bridgehead atoms. The van der Waals surface area contributed by atoms with Gasteiger partial charge in [-0.15, -0.1) is 12.4 Å². The first-order valence-corrected chi connectivity index (χ1v) is 8.83. The molecular weight excluding hydrogens is 395 g/mol. The third-order valence-corrected chi connectivity index (χ3v) is 4.78. The lowest BCUT2D eigenvalue weighted by Crippen LogP contribution is -2.30. The Kier molecular flexibility index (Phi) is 6.71. The van der Waals surface area contributed by atoms with Gasteiger partial charge in [-0.2, -0.15) is 18.3 Å². The Balaban J connectivity index is 0.00000280. The van der Waals surface area contributed by atoms with Gasteiger partial charge in [-0.3, -0.25) is 4.79 Å². The van der Waals surface area contributed by atoms with Gasteiger partial charge in [0.25, 0.3) is 5.91 Å². The highest BCUT2D eigenvalue weighted by atomic mass is 35.5. The minimum absolute atomic E-state index is 0. The molecule has 28 heavy (non-hydrogen) atoms. The lowest BCUT2D eigenvalue weighted by Gasteiger charge is -2.18. The Bertz CT molecular complexity index is 820. The standard InChI is InChI=1S/C18H22F3N5O.ClH/c1-11(2)16-14(17(27)25-6-5-12(7-22)10-25)9-24-26(16)15-4-3-13(8-23-15)18(19,20)21;/h3-4,8-9,11-12H,5-7,10,22H2,1-2H3;1H. The second kappa shape index (κ2) is 8.48. The van der Waals surface area contributed by atoms with E-state index in [4.69, 9.17) is 5.73 Å². The summed E-state index contributed by atoms with van der Waals surface area (Å²) in [6.45, 7) is 5.59. The Morgan fingerprint density at radius 3 is 2.54 bits per heavy atom. The van der Waals surface area contributed by atoms with E-state index in [-0.39, 0.29) is 30.0 Å². The van der Waals surface area contributed by atoms with E-state index in [0.29, 0.717) is 36.8 Å². The van der Waals surface area contributed by atoms with E-state index in [1.165, 1.54) is 16.9 Å². The summed E-state index contributed by atoms with van der Waals surface area (Å²) in [5, 5.41) is 4.23. The molecule has 0 saturated carbocycles. The summed E-state index contributed by atoms with van der Waals surface area (Å²) in [6.07, 6.45) is -1.34. The number of carbonyl (C=O) groups is 1. The van der Waals surface area contributed by atoms with E-state index in [2.05, 4.69) is 10.1 Å². The van der Waals surface area contributed by atoms with Crippen molar-refractivity contribution in [3.05, 3.63) is 41.3 Å². The fraction of sp³-hybridized carbons (Fsp3) is 0.500. The van der Waals surface area contributed by atoms with Gasteiger partial charge in [0.05, 0.1) is 23.0 Å². The number of nitrogens with zero attached hydrogens (tertiary/aromatic N) is 4. The monoisotopic (exact) mass is 417 g/mol. The Morgan fingerprint density at radius 1 is 1.32 bits per heavy atom. The van der Waals surface area contributed by atoms with Gasteiger partial charge in [0.15, 0.2) is 5.82 Å². The van der Waals surface area contributed by atoms with Crippen LogP contribution in [-0.4, -0.2) is 45.2 Å². The average Bonchev–Trinajstić information content (AvgIpc) is 3.27. The van der Waals surface area contributed by atoms with Crippen molar-refractivity contribution < 1.29 is 18.0 Å². The number of aromatic nitrogens is 3. The maximum Gasteiger partial charge on any atom is 0.417 e. The van der Waals surface area contributed by atoms with Crippen molar-refractivity contribution in [3.8, 4) is 5.82 Å². The number of rotatable bonds is 4. The van der Waals surface area contributed by atoms with Gasteiger partial charge in [0, 0.05) is 19.3 Å². The number of hydrogen-bond donors (Lipinski definition) is 1. The third-order valence-electron chi connectivity index (χ3n) is 4.78.